The number of ketones is 2. The Labute approximate surface area is 178 Å². The molecule has 1 saturated heterocycles. The van der Waals surface area contributed by atoms with Gasteiger partial charge in [-0.25, -0.2) is 3.63 Å². The van der Waals surface area contributed by atoms with Crippen molar-refractivity contribution >= 4 is 32.0 Å². The van der Waals surface area contributed by atoms with Crippen molar-refractivity contribution in [3.8, 4) is 0 Å². The zero-order chi connectivity index (χ0) is 21.3. The lowest BCUT2D eigenvalue weighted by Crippen LogP contribution is -2.43. The molecule has 3 rings (SSSR count). The number of Topliss-reactive ketones (excluding diaryl/α,β-unsaturated/α-hetero) is 2. The molecule has 0 aromatic carbocycles. The van der Waals surface area contributed by atoms with Crippen molar-refractivity contribution < 1.29 is 21.6 Å². The van der Waals surface area contributed by atoms with E-state index in [2.05, 4.69) is 6.92 Å². The van der Waals surface area contributed by atoms with Crippen LogP contribution >= 0.6 is 10.3 Å². The number of hydrogen-bond acceptors (Lipinski definition) is 5. The van der Waals surface area contributed by atoms with Crippen LogP contribution < -0.4 is 0 Å². The molecule has 5 nitrogen and oxygen atoms in total. The number of carbonyl (C=O) groups is 2. The van der Waals surface area contributed by atoms with Gasteiger partial charge in [0, 0.05) is 24.3 Å². The maximum absolute atomic E-state index is 13.2. The van der Waals surface area contributed by atoms with Crippen LogP contribution in [0.4, 0.5) is 0 Å². The lowest BCUT2D eigenvalue weighted by atomic mass is 9.70. The van der Waals surface area contributed by atoms with Crippen LogP contribution in [0.25, 0.3) is 0 Å². The molecule has 0 aromatic heterocycles. The fraction of sp³-hybridized carbons (Fsp3) is 0.909. The fourth-order valence-corrected chi connectivity index (χ4v) is 12.5. The molecule has 0 radical (unpaired) electrons. The summed E-state index contributed by atoms with van der Waals surface area (Å²) in [4.78, 5) is 25.3. The molecule has 0 aromatic rings. The van der Waals surface area contributed by atoms with Crippen LogP contribution in [0.15, 0.2) is 0 Å². The summed E-state index contributed by atoms with van der Waals surface area (Å²) < 4.78 is 32.3. The molecule has 29 heavy (non-hydrogen) atoms. The monoisotopic (exact) mass is 446 g/mol. The summed E-state index contributed by atoms with van der Waals surface area (Å²) in [7, 11) is -5.79. The lowest BCUT2D eigenvalue weighted by molar-refractivity contribution is -0.128. The zero-order valence-electron chi connectivity index (χ0n) is 18.3. The number of carbonyl (C=O) groups excluding carboxylic acids is 2. The Kier molecular flexibility index (Phi) is 6.92. The molecule has 2 aliphatic carbocycles. The summed E-state index contributed by atoms with van der Waals surface area (Å²) in [6.45, 7) is 6.23. The molecule has 1 aliphatic heterocycles. The van der Waals surface area contributed by atoms with Crippen molar-refractivity contribution in [3.63, 3.8) is 0 Å². The summed E-state index contributed by atoms with van der Waals surface area (Å²) in [6.07, 6.45) is 8.61. The minimum atomic E-state index is -3.87. The Bertz CT molecular complexity index is 736. The van der Waals surface area contributed by atoms with Gasteiger partial charge in [0.15, 0.2) is 0 Å². The molecular formula is C22H38O5S2. The molecule has 2 atom stereocenters. The smallest absolute Gasteiger partial charge is 0.277 e. The van der Waals surface area contributed by atoms with E-state index in [0.717, 1.165) is 44.9 Å². The third kappa shape index (κ3) is 4.62. The van der Waals surface area contributed by atoms with Crippen molar-refractivity contribution in [2.24, 2.45) is 16.7 Å². The van der Waals surface area contributed by atoms with E-state index in [0.29, 0.717) is 30.8 Å². The van der Waals surface area contributed by atoms with Crippen LogP contribution in [-0.4, -0.2) is 43.0 Å². The molecule has 3 aliphatic rings. The van der Waals surface area contributed by atoms with E-state index in [4.69, 9.17) is 3.63 Å². The topological polar surface area (TPSA) is 77.5 Å². The van der Waals surface area contributed by atoms with Gasteiger partial charge < -0.3 is 0 Å². The van der Waals surface area contributed by atoms with Crippen LogP contribution in [0.3, 0.4) is 0 Å². The van der Waals surface area contributed by atoms with E-state index in [1.807, 2.05) is 13.8 Å². The van der Waals surface area contributed by atoms with Crippen LogP contribution in [0.5, 0.6) is 0 Å². The van der Waals surface area contributed by atoms with Gasteiger partial charge in [-0.2, -0.15) is 8.42 Å². The Morgan fingerprint density at radius 2 is 1.86 bits per heavy atom. The van der Waals surface area contributed by atoms with Gasteiger partial charge in [0.1, 0.15) is 11.6 Å². The normalized spacial score (nSPS) is 31.3. The number of rotatable bonds is 11. The third-order valence-electron chi connectivity index (χ3n) is 7.83. The highest BCUT2D eigenvalue weighted by Gasteiger charge is 2.65. The number of fused-ring (bicyclic) bond motifs is 2. The molecule has 2 bridgehead atoms. The minimum absolute atomic E-state index is 0.0911. The van der Waals surface area contributed by atoms with Gasteiger partial charge in [-0.15, -0.1) is 10.3 Å². The maximum atomic E-state index is 13.2. The van der Waals surface area contributed by atoms with Crippen LogP contribution in [-0.2, 0) is 23.3 Å². The highest BCUT2D eigenvalue weighted by atomic mass is 32.3. The van der Waals surface area contributed by atoms with Crippen LogP contribution in [0.1, 0.15) is 85.0 Å². The van der Waals surface area contributed by atoms with Crippen LogP contribution in [0.2, 0.25) is 0 Å². The van der Waals surface area contributed by atoms with Crippen LogP contribution in [0, 0.1) is 16.7 Å². The quantitative estimate of drug-likeness (QED) is 0.427. The first-order valence-corrected chi connectivity index (χ1v) is 15.0. The minimum Gasteiger partial charge on any atom is -0.299 e. The predicted octanol–water partition coefficient (Wildman–Crippen LogP) is 4.78. The maximum Gasteiger partial charge on any atom is 0.277 e. The summed E-state index contributed by atoms with van der Waals surface area (Å²) in [5.74, 6) is 1.97. The van der Waals surface area contributed by atoms with Crippen molar-refractivity contribution in [3.05, 3.63) is 0 Å². The fourth-order valence-electron chi connectivity index (χ4n) is 5.84. The van der Waals surface area contributed by atoms with E-state index in [-0.39, 0.29) is 34.4 Å². The van der Waals surface area contributed by atoms with Gasteiger partial charge in [0.25, 0.3) is 10.1 Å². The average Bonchev–Trinajstić information content (AvgIpc) is 3.20. The van der Waals surface area contributed by atoms with E-state index in [1.54, 1.807) is 0 Å². The standard InChI is InChI=1S/C22H38O5S2/c1-4-5-6-7-10-19(23)16-28(13-8-9-14-28)27-29(25,26)17-22-12-11-18(15-20(22)24)21(22,2)3/h18H,4-17H2,1-3H3. The summed E-state index contributed by atoms with van der Waals surface area (Å²) in [6, 6.07) is 0. The highest BCUT2D eigenvalue weighted by molar-refractivity contribution is 8.33. The Morgan fingerprint density at radius 3 is 2.41 bits per heavy atom. The van der Waals surface area contributed by atoms with Gasteiger partial charge in [-0.3, -0.25) is 9.59 Å². The number of unbranched alkanes of at least 4 members (excludes halogenated alkanes) is 3. The molecule has 1 heterocycles. The molecule has 0 amide bonds. The van der Waals surface area contributed by atoms with E-state index >= 15 is 0 Å². The van der Waals surface area contributed by atoms with E-state index < -0.39 is 25.8 Å². The van der Waals surface area contributed by atoms with Gasteiger partial charge in [0.2, 0.25) is 0 Å². The first-order chi connectivity index (χ1) is 13.6. The van der Waals surface area contributed by atoms with Crippen molar-refractivity contribution in [2.45, 2.75) is 85.0 Å². The second-order valence-corrected chi connectivity index (χ2v) is 15.0. The van der Waals surface area contributed by atoms with Crippen molar-refractivity contribution in [1.29, 1.82) is 0 Å². The molecule has 3 fully saturated rings. The molecule has 2 unspecified atom stereocenters. The second kappa shape index (κ2) is 8.62. The summed E-state index contributed by atoms with van der Waals surface area (Å²) in [5, 5.41) is 0. The number of hydrogen-bond donors (Lipinski definition) is 0. The average molecular weight is 447 g/mol. The Balaban J connectivity index is 1.68. The third-order valence-corrected chi connectivity index (χ3v) is 13.6. The molecule has 0 spiro atoms. The molecule has 0 N–H and O–H groups in total. The molecule has 7 heteroatoms. The van der Waals surface area contributed by atoms with Crippen molar-refractivity contribution in [1.82, 2.24) is 0 Å². The van der Waals surface area contributed by atoms with Gasteiger partial charge >= 0.3 is 0 Å². The first-order valence-electron chi connectivity index (χ1n) is 11.3. The molecule has 2 saturated carbocycles. The van der Waals surface area contributed by atoms with E-state index in [9.17, 15) is 18.0 Å². The van der Waals surface area contributed by atoms with Gasteiger partial charge in [-0.1, -0.05) is 40.0 Å². The molecule has 168 valence electrons. The van der Waals surface area contributed by atoms with Gasteiger partial charge in [-0.05, 0) is 43.4 Å². The predicted molar refractivity (Wildman–Crippen MR) is 119 cm³/mol. The van der Waals surface area contributed by atoms with Gasteiger partial charge in [0.05, 0.1) is 16.9 Å². The van der Waals surface area contributed by atoms with Crippen molar-refractivity contribution in [2.75, 3.05) is 23.0 Å². The Morgan fingerprint density at radius 1 is 1.17 bits per heavy atom. The SMILES string of the molecule is CCCCCCC(=O)CS1(OS(=O)(=O)CC23CCC(CC2=O)C3(C)C)CCCC1. The zero-order valence-corrected chi connectivity index (χ0v) is 20.0. The second-order valence-electron chi connectivity index (χ2n) is 10.0. The van der Waals surface area contributed by atoms with E-state index in [1.165, 1.54) is 0 Å². The summed E-state index contributed by atoms with van der Waals surface area (Å²) in [5.41, 5.74) is -1.10. The highest BCUT2D eigenvalue weighted by Crippen LogP contribution is 2.65. The Hall–Kier alpha value is -0.400. The largest absolute Gasteiger partial charge is 0.299 e. The first kappa shape index (κ1) is 23.3. The lowest BCUT2D eigenvalue weighted by Gasteiger charge is -2.38. The summed E-state index contributed by atoms with van der Waals surface area (Å²) >= 11 is 0. The molecular weight excluding hydrogens is 408 g/mol.